The zero-order valence-corrected chi connectivity index (χ0v) is 17.0. The number of nitrogens with zero attached hydrogens (tertiary/aromatic N) is 3. The van der Waals surface area contributed by atoms with Gasteiger partial charge in [0, 0.05) is 12.6 Å². The van der Waals surface area contributed by atoms with Crippen LogP contribution in [-0.2, 0) is 20.4 Å². The van der Waals surface area contributed by atoms with Gasteiger partial charge >= 0.3 is 5.97 Å². The first-order valence-electron chi connectivity index (χ1n) is 9.54. The molecule has 10 nitrogen and oxygen atoms in total. The Bertz CT molecular complexity index is 849. The monoisotopic (exact) mass is 426 g/mol. The number of rotatable bonds is 9. The summed E-state index contributed by atoms with van der Waals surface area (Å²) in [5, 5.41) is 30.1. The first-order chi connectivity index (χ1) is 13.8. The summed E-state index contributed by atoms with van der Waals surface area (Å²) in [5.74, 6) is 1.03. The van der Waals surface area contributed by atoms with Crippen LogP contribution < -0.4 is 11.5 Å². The van der Waals surface area contributed by atoms with Crippen molar-refractivity contribution >= 4 is 33.7 Å². The third kappa shape index (κ3) is 4.64. The summed E-state index contributed by atoms with van der Waals surface area (Å²) in [7, 11) is -0.180. The Hall–Kier alpha value is -1.92. The second kappa shape index (κ2) is 9.26. The number of pyridine rings is 1. The Morgan fingerprint density at radius 3 is 2.79 bits per heavy atom. The molecule has 160 valence electrons. The van der Waals surface area contributed by atoms with Gasteiger partial charge in [-0.15, -0.1) is 0 Å². The predicted molar refractivity (Wildman–Crippen MR) is 110 cm³/mol. The molecule has 29 heavy (non-hydrogen) atoms. The summed E-state index contributed by atoms with van der Waals surface area (Å²) in [4.78, 5) is 19.5. The molecule has 1 aliphatic rings. The zero-order valence-electron chi connectivity index (χ0n) is 16.2. The lowest BCUT2D eigenvalue weighted by molar-refractivity contribution is -0.138. The third-order valence-corrected chi connectivity index (χ3v) is 7.63. The summed E-state index contributed by atoms with van der Waals surface area (Å²) in [6, 6.07) is 0.741. The van der Waals surface area contributed by atoms with E-state index in [0.29, 0.717) is 34.8 Å². The van der Waals surface area contributed by atoms with Crippen LogP contribution >= 0.6 is 0 Å². The number of aliphatic hydroxyl groups is 2. The average molecular weight is 427 g/mol. The van der Waals surface area contributed by atoms with Gasteiger partial charge < -0.3 is 31.5 Å². The zero-order chi connectivity index (χ0) is 21.1. The van der Waals surface area contributed by atoms with Gasteiger partial charge in [0.15, 0.2) is 11.9 Å². The molecule has 0 radical (unpaired) electrons. The molecule has 1 fully saturated rings. The van der Waals surface area contributed by atoms with E-state index in [1.165, 1.54) is 6.33 Å². The second-order valence-corrected chi connectivity index (χ2v) is 9.57. The lowest BCUT2D eigenvalue weighted by Gasteiger charge is -2.17. The summed E-state index contributed by atoms with van der Waals surface area (Å²) in [6.07, 6.45) is 0.710. The SMILES string of the molecule is CCC[S+](CCC(N)C(=O)O)C[C@H]1O[C@@H](n2cnc3c(N)ccnc32)[C@@H](O)C1O. The van der Waals surface area contributed by atoms with Gasteiger partial charge in [-0.2, -0.15) is 0 Å². The van der Waals surface area contributed by atoms with Gasteiger partial charge in [0.05, 0.1) is 12.0 Å². The van der Waals surface area contributed by atoms with Crippen LogP contribution in [0.15, 0.2) is 18.6 Å². The molecule has 3 heterocycles. The van der Waals surface area contributed by atoms with Crippen LogP contribution in [0.1, 0.15) is 26.0 Å². The molecule has 0 amide bonds. The number of aromatic nitrogens is 3. The number of carboxylic acids is 1. The smallest absolute Gasteiger partial charge is 0.320 e. The normalized spacial score (nSPS) is 26.6. The molecular weight excluding hydrogens is 398 g/mol. The molecule has 1 aliphatic heterocycles. The fourth-order valence-corrected chi connectivity index (χ4v) is 5.89. The largest absolute Gasteiger partial charge is 0.480 e. The highest BCUT2D eigenvalue weighted by atomic mass is 32.2. The van der Waals surface area contributed by atoms with Crippen LogP contribution in [0.5, 0.6) is 0 Å². The predicted octanol–water partition coefficient (Wildman–Crippen LogP) is -0.537. The molecule has 3 unspecified atom stereocenters. The molecular formula is C18H28N5O5S+. The number of carbonyl (C=O) groups is 1. The molecule has 7 N–H and O–H groups in total. The number of nitrogens with two attached hydrogens (primary N) is 2. The number of fused-ring (bicyclic) bond motifs is 1. The highest BCUT2D eigenvalue weighted by Crippen LogP contribution is 2.33. The van der Waals surface area contributed by atoms with Crippen LogP contribution in [0.3, 0.4) is 0 Å². The second-order valence-electron chi connectivity index (χ2n) is 7.19. The van der Waals surface area contributed by atoms with Crippen molar-refractivity contribution in [1.29, 1.82) is 0 Å². The molecule has 0 bridgehead atoms. The van der Waals surface area contributed by atoms with Crippen molar-refractivity contribution in [1.82, 2.24) is 14.5 Å². The maximum absolute atomic E-state index is 11.0. The molecule has 0 aliphatic carbocycles. The number of hydrogen-bond donors (Lipinski definition) is 5. The number of carboxylic acid groups (broad SMARTS) is 1. The molecule has 0 saturated carbocycles. The van der Waals surface area contributed by atoms with Crippen LogP contribution in [0.2, 0.25) is 0 Å². The van der Waals surface area contributed by atoms with E-state index in [-0.39, 0.29) is 10.9 Å². The van der Waals surface area contributed by atoms with Crippen LogP contribution in [0.4, 0.5) is 5.69 Å². The Balaban J connectivity index is 1.72. The lowest BCUT2D eigenvalue weighted by Crippen LogP contribution is -2.38. The van der Waals surface area contributed by atoms with E-state index in [0.717, 1.165) is 12.2 Å². The number of aliphatic hydroxyl groups excluding tert-OH is 2. The maximum Gasteiger partial charge on any atom is 0.320 e. The van der Waals surface area contributed by atoms with Gasteiger partial charge in [0.25, 0.3) is 0 Å². The van der Waals surface area contributed by atoms with Gasteiger partial charge in [-0.25, -0.2) is 9.97 Å². The minimum Gasteiger partial charge on any atom is -0.480 e. The maximum atomic E-state index is 11.0. The van der Waals surface area contributed by atoms with E-state index < -0.39 is 36.6 Å². The van der Waals surface area contributed by atoms with Crippen molar-refractivity contribution < 1.29 is 24.9 Å². The van der Waals surface area contributed by atoms with Crippen molar-refractivity contribution in [3.63, 3.8) is 0 Å². The number of ether oxygens (including phenoxy) is 1. The average Bonchev–Trinajstić information content (AvgIpc) is 3.23. The Labute approximate surface area is 171 Å². The number of hydrogen-bond acceptors (Lipinski definition) is 8. The number of nitrogen functional groups attached to an aromatic ring is 1. The highest BCUT2D eigenvalue weighted by Gasteiger charge is 2.47. The minimum absolute atomic E-state index is 0.180. The van der Waals surface area contributed by atoms with Crippen LogP contribution in [-0.4, -0.2) is 77.4 Å². The number of imidazole rings is 1. The molecule has 3 rings (SSSR count). The lowest BCUT2D eigenvalue weighted by atomic mass is 10.1. The van der Waals surface area contributed by atoms with Crippen molar-refractivity contribution in [2.45, 2.75) is 50.3 Å². The van der Waals surface area contributed by atoms with E-state index in [4.69, 9.17) is 21.3 Å². The topological polar surface area (TPSA) is 170 Å². The highest BCUT2D eigenvalue weighted by molar-refractivity contribution is 7.96. The quantitative estimate of drug-likeness (QED) is 0.330. The molecule has 0 aromatic carbocycles. The van der Waals surface area contributed by atoms with Crippen molar-refractivity contribution in [2.24, 2.45) is 5.73 Å². The molecule has 1 saturated heterocycles. The molecule has 2 aromatic heterocycles. The summed E-state index contributed by atoms with van der Waals surface area (Å²) >= 11 is 0. The Morgan fingerprint density at radius 1 is 1.34 bits per heavy atom. The standard InChI is InChI=1S/C18H27N5O5S/c1-2-6-29(7-4-11(20)18(26)27)8-12-14(24)15(25)17(28-12)23-9-22-13-10(19)3-5-21-16(13)23/h3,5,9,11-12,14-15,17,24-25H,2,4,6-8,20H2,1H3,(H2-,19,21,26,27)/p+1/t11?,12-,14?,15+,17-,29?/m1/s1. The van der Waals surface area contributed by atoms with E-state index in [2.05, 4.69) is 16.9 Å². The van der Waals surface area contributed by atoms with Gasteiger partial charge in [0.2, 0.25) is 0 Å². The van der Waals surface area contributed by atoms with Gasteiger partial charge in [0.1, 0.15) is 47.1 Å². The fourth-order valence-electron chi connectivity index (χ4n) is 3.44. The van der Waals surface area contributed by atoms with Crippen LogP contribution in [0, 0.1) is 0 Å². The summed E-state index contributed by atoms with van der Waals surface area (Å²) in [5.41, 5.74) is 13.0. The minimum atomic E-state index is -1.14. The van der Waals surface area contributed by atoms with Crippen molar-refractivity contribution in [2.75, 3.05) is 23.0 Å². The van der Waals surface area contributed by atoms with E-state index in [1.54, 1.807) is 16.8 Å². The first kappa shape index (κ1) is 21.8. The molecule has 11 heteroatoms. The third-order valence-electron chi connectivity index (χ3n) is 5.03. The number of anilines is 1. The van der Waals surface area contributed by atoms with E-state index in [1.807, 2.05) is 0 Å². The number of aliphatic carboxylic acids is 1. The molecule has 0 spiro atoms. The van der Waals surface area contributed by atoms with Crippen LogP contribution in [0.25, 0.3) is 11.2 Å². The summed E-state index contributed by atoms with van der Waals surface area (Å²) < 4.78 is 7.59. The molecule has 2 aromatic rings. The Kier molecular flexibility index (Phi) is 6.96. The van der Waals surface area contributed by atoms with Crippen molar-refractivity contribution in [3.8, 4) is 0 Å². The Morgan fingerprint density at radius 2 is 2.10 bits per heavy atom. The fraction of sp³-hybridized carbons (Fsp3) is 0.611. The van der Waals surface area contributed by atoms with Crippen molar-refractivity contribution in [3.05, 3.63) is 18.6 Å². The van der Waals surface area contributed by atoms with E-state index in [9.17, 15) is 15.0 Å². The van der Waals surface area contributed by atoms with E-state index >= 15 is 0 Å². The molecule has 6 atom stereocenters. The summed E-state index contributed by atoms with van der Waals surface area (Å²) in [6.45, 7) is 2.05. The first-order valence-corrected chi connectivity index (χ1v) is 11.3. The van der Waals surface area contributed by atoms with Gasteiger partial charge in [-0.1, -0.05) is 6.92 Å². The van der Waals surface area contributed by atoms with Gasteiger partial charge in [-0.3, -0.25) is 9.36 Å². The van der Waals surface area contributed by atoms with Gasteiger partial charge in [-0.05, 0) is 23.4 Å².